The van der Waals surface area contributed by atoms with Crippen LogP contribution in [0.3, 0.4) is 0 Å². The molecule has 0 aliphatic heterocycles. The first-order valence-corrected chi connectivity index (χ1v) is 6.95. The van der Waals surface area contributed by atoms with Crippen molar-refractivity contribution >= 4 is 18.0 Å². The fraction of sp³-hybridized carbons (Fsp3) is 0.111. The van der Waals surface area contributed by atoms with Crippen molar-refractivity contribution in [2.45, 2.75) is 0 Å². The Bertz CT molecular complexity index is 765. The predicted molar refractivity (Wildman–Crippen MR) is 85.4 cm³/mol. The van der Waals surface area contributed by atoms with Crippen LogP contribution < -0.4 is 9.47 Å². The van der Waals surface area contributed by atoms with Gasteiger partial charge in [-0.05, 0) is 48.0 Å². The van der Waals surface area contributed by atoms with Crippen molar-refractivity contribution in [3.63, 3.8) is 0 Å². The van der Waals surface area contributed by atoms with Crippen LogP contribution in [0.15, 0.2) is 48.5 Å². The summed E-state index contributed by atoms with van der Waals surface area (Å²) in [6, 6.07) is 9.80. The quantitative estimate of drug-likeness (QED) is 0.478. The van der Waals surface area contributed by atoms with Crippen LogP contribution in [0.1, 0.15) is 15.9 Å². The Balaban J connectivity index is 2.18. The number of carbonyl (C=O) groups is 2. The van der Waals surface area contributed by atoms with Gasteiger partial charge in [-0.1, -0.05) is 6.07 Å². The van der Waals surface area contributed by atoms with E-state index in [-0.39, 0.29) is 11.3 Å². The van der Waals surface area contributed by atoms with Gasteiger partial charge in [0.2, 0.25) is 0 Å². The molecule has 2 aromatic rings. The minimum absolute atomic E-state index is 0.210. The molecule has 2 aromatic carbocycles. The van der Waals surface area contributed by atoms with Crippen LogP contribution in [0, 0.1) is 5.82 Å². The zero-order chi connectivity index (χ0) is 17.5. The normalized spacial score (nSPS) is 10.5. The molecule has 0 aromatic heterocycles. The van der Waals surface area contributed by atoms with Gasteiger partial charge in [-0.2, -0.15) is 0 Å². The van der Waals surface area contributed by atoms with E-state index in [4.69, 9.17) is 9.47 Å². The summed E-state index contributed by atoms with van der Waals surface area (Å²) in [4.78, 5) is 23.2. The van der Waals surface area contributed by atoms with Crippen LogP contribution in [-0.4, -0.2) is 26.2 Å². The van der Waals surface area contributed by atoms with Gasteiger partial charge in [0.25, 0.3) is 0 Å². The van der Waals surface area contributed by atoms with Crippen LogP contribution in [0.5, 0.6) is 11.5 Å². The molecule has 2 rings (SSSR count). The van der Waals surface area contributed by atoms with Crippen molar-refractivity contribution in [2.75, 3.05) is 14.2 Å². The fourth-order valence-corrected chi connectivity index (χ4v) is 1.85. The largest absolute Gasteiger partial charge is 0.493 e. The molecule has 124 valence electrons. The van der Waals surface area contributed by atoms with Crippen molar-refractivity contribution in [1.29, 1.82) is 0 Å². The molecule has 0 atom stereocenters. The average Bonchev–Trinajstić information content (AvgIpc) is 2.60. The van der Waals surface area contributed by atoms with E-state index in [2.05, 4.69) is 4.74 Å². The summed E-state index contributed by atoms with van der Waals surface area (Å²) in [6.45, 7) is 0. The first-order chi connectivity index (χ1) is 11.5. The Kier molecular flexibility index (Phi) is 5.68. The number of rotatable bonds is 5. The van der Waals surface area contributed by atoms with Gasteiger partial charge in [0.1, 0.15) is 5.82 Å². The first-order valence-electron chi connectivity index (χ1n) is 6.95. The Hall–Kier alpha value is -3.15. The van der Waals surface area contributed by atoms with Gasteiger partial charge in [0, 0.05) is 6.08 Å². The topological polar surface area (TPSA) is 61.8 Å². The lowest BCUT2D eigenvalue weighted by atomic mass is 10.2. The number of benzene rings is 2. The van der Waals surface area contributed by atoms with E-state index in [1.165, 1.54) is 50.6 Å². The first kappa shape index (κ1) is 17.2. The summed E-state index contributed by atoms with van der Waals surface area (Å²) in [7, 11) is 2.71. The van der Waals surface area contributed by atoms with Gasteiger partial charge in [0.05, 0.1) is 19.8 Å². The zero-order valence-electron chi connectivity index (χ0n) is 13.1. The summed E-state index contributed by atoms with van der Waals surface area (Å²) in [6.07, 6.45) is 2.80. The lowest BCUT2D eigenvalue weighted by molar-refractivity contribution is -0.134. The zero-order valence-corrected chi connectivity index (χ0v) is 13.1. The monoisotopic (exact) mass is 330 g/mol. The second-order valence-electron chi connectivity index (χ2n) is 4.66. The third-order valence-electron chi connectivity index (χ3n) is 3.08. The predicted octanol–water partition coefficient (Wildman–Crippen LogP) is 3.24. The maximum absolute atomic E-state index is 12.9. The smallest absolute Gasteiger partial charge is 0.343 e. The molecule has 0 heterocycles. The molecular weight excluding hydrogens is 315 g/mol. The summed E-state index contributed by atoms with van der Waals surface area (Å²) in [5.74, 6) is -1.03. The molecule has 0 aliphatic carbocycles. The summed E-state index contributed by atoms with van der Waals surface area (Å²) in [5.41, 5.74) is 0.881. The van der Waals surface area contributed by atoms with E-state index in [1.807, 2.05) is 0 Å². The number of carbonyl (C=O) groups excluding carboxylic acids is 2. The van der Waals surface area contributed by atoms with Gasteiger partial charge >= 0.3 is 11.9 Å². The lowest BCUT2D eigenvalue weighted by Gasteiger charge is -2.10. The van der Waals surface area contributed by atoms with Crippen LogP contribution in [0.4, 0.5) is 4.39 Å². The van der Waals surface area contributed by atoms with Crippen LogP contribution in [0.2, 0.25) is 0 Å². The van der Waals surface area contributed by atoms with Crippen molar-refractivity contribution in [2.24, 2.45) is 0 Å². The number of hydrogen-bond donors (Lipinski definition) is 0. The maximum Gasteiger partial charge on any atom is 0.343 e. The van der Waals surface area contributed by atoms with E-state index < -0.39 is 17.8 Å². The molecule has 0 amide bonds. The standard InChI is InChI=1S/C18H15FO5/c1-22-16-11-12(4-10-17(20)23-2)3-9-15(16)24-18(21)13-5-7-14(19)8-6-13/h3-11H,1-2H3/b10-4+. The molecule has 0 spiro atoms. The Morgan fingerprint density at radius 1 is 1.00 bits per heavy atom. The van der Waals surface area contributed by atoms with Gasteiger partial charge in [-0.25, -0.2) is 14.0 Å². The van der Waals surface area contributed by atoms with Gasteiger partial charge in [-0.15, -0.1) is 0 Å². The molecule has 0 radical (unpaired) electrons. The maximum atomic E-state index is 12.9. The highest BCUT2D eigenvalue weighted by Gasteiger charge is 2.12. The third kappa shape index (κ3) is 4.42. The van der Waals surface area contributed by atoms with Crippen LogP contribution in [0.25, 0.3) is 6.08 Å². The van der Waals surface area contributed by atoms with Crippen molar-refractivity contribution in [3.05, 3.63) is 65.5 Å². The summed E-state index contributed by atoms with van der Waals surface area (Å²) in [5, 5.41) is 0. The van der Waals surface area contributed by atoms with Gasteiger partial charge in [0.15, 0.2) is 11.5 Å². The molecule has 0 bridgehead atoms. The molecule has 5 nitrogen and oxygen atoms in total. The van der Waals surface area contributed by atoms with E-state index in [9.17, 15) is 14.0 Å². The van der Waals surface area contributed by atoms with E-state index in [1.54, 1.807) is 18.2 Å². The SMILES string of the molecule is COC(=O)/C=C/c1ccc(OC(=O)c2ccc(F)cc2)c(OC)c1. The Morgan fingerprint density at radius 2 is 1.71 bits per heavy atom. The van der Waals surface area contributed by atoms with E-state index >= 15 is 0 Å². The Labute approximate surface area is 138 Å². The molecule has 0 aliphatic rings. The highest BCUT2D eigenvalue weighted by atomic mass is 19.1. The average molecular weight is 330 g/mol. The molecule has 0 unspecified atom stereocenters. The lowest BCUT2D eigenvalue weighted by Crippen LogP contribution is -2.09. The van der Waals surface area contributed by atoms with Crippen LogP contribution in [-0.2, 0) is 9.53 Å². The molecule has 6 heteroatoms. The Morgan fingerprint density at radius 3 is 2.33 bits per heavy atom. The summed E-state index contributed by atoms with van der Waals surface area (Å²) >= 11 is 0. The minimum atomic E-state index is -0.633. The van der Waals surface area contributed by atoms with Crippen LogP contribution >= 0.6 is 0 Å². The van der Waals surface area contributed by atoms with Gasteiger partial charge < -0.3 is 14.2 Å². The second kappa shape index (κ2) is 7.92. The number of ether oxygens (including phenoxy) is 3. The molecule has 0 saturated carbocycles. The number of hydrogen-bond acceptors (Lipinski definition) is 5. The third-order valence-corrected chi connectivity index (χ3v) is 3.08. The number of halogens is 1. The fourth-order valence-electron chi connectivity index (χ4n) is 1.85. The van der Waals surface area contributed by atoms with Gasteiger partial charge in [-0.3, -0.25) is 0 Å². The minimum Gasteiger partial charge on any atom is -0.493 e. The van der Waals surface area contributed by atoms with Crippen molar-refractivity contribution in [1.82, 2.24) is 0 Å². The highest BCUT2D eigenvalue weighted by molar-refractivity contribution is 5.91. The van der Waals surface area contributed by atoms with E-state index in [0.29, 0.717) is 11.3 Å². The van der Waals surface area contributed by atoms with Crippen molar-refractivity contribution < 1.29 is 28.2 Å². The highest BCUT2D eigenvalue weighted by Crippen LogP contribution is 2.29. The molecule has 0 saturated heterocycles. The molecular formula is C18H15FO5. The number of esters is 2. The number of methoxy groups -OCH3 is 2. The summed E-state index contributed by atoms with van der Waals surface area (Å²) < 4.78 is 27.8. The van der Waals surface area contributed by atoms with Crippen molar-refractivity contribution in [3.8, 4) is 11.5 Å². The molecule has 0 fully saturated rings. The van der Waals surface area contributed by atoms with E-state index in [0.717, 1.165) is 0 Å². The second-order valence-corrected chi connectivity index (χ2v) is 4.66. The molecule has 0 N–H and O–H groups in total. The molecule has 24 heavy (non-hydrogen) atoms.